The molecule has 106 valence electrons. The summed E-state index contributed by atoms with van der Waals surface area (Å²) in [4.78, 5) is 10.9. The Hall–Kier alpha value is -2.35. The van der Waals surface area contributed by atoms with Gasteiger partial charge >= 0.3 is 5.97 Å². The van der Waals surface area contributed by atoms with Gasteiger partial charge in [0, 0.05) is 6.20 Å². The minimum Gasteiger partial charge on any atom is -0.480 e. The van der Waals surface area contributed by atoms with Crippen LogP contribution in [-0.4, -0.2) is 36.2 Å². The van der Waals surface area contributed by atoms with Crippen LogP contribution in [-0.2, 0) is 14.8 Å². The third-order valence-corrected chi connectivity index (χ3v) is 4.40. The van der Waals surface area contributed by atoms with Crippen molar-refractivity contribution in [3.05, 3.63) is 42.2 Å². The summed E-state index contributed by atoms with van der Waals surface area (Å²) in [6.07, 6.45) is 2.34. The van der Waals surface area contributed by atoms with Crippen molar-refractivity contribution in [2.45, 2.75) is 11.8 Å². The molecule has 0 spiro atoms. The van der Waals surface area contributed by atoms with E-state index in [0.29, 0.717) is 5.69 Å². The van der Waals surface area contributed by atoms with E-state index in [4.69, 9.17) is 5.11 Å². The number of nitrogens with one attached hydrogen (secondary N) is 1. The number of anilines is 1. The Bertz CT molecular complexity index is 693. The van der Waals surface area contributed by atoms with Gasteiger partial charge in [-0.2, -0.15) is 5.10 Å². The molecular weight excluding hydrogens is 282 g/mol. The highest BCUT2D eigenvalue weighted by Gasteiger charge is 2.27. The Morgan fingerprint density at radius 2 is 2.00 bits per heavy atom. The molecule has 8 heteroatoms. The second-order valence-electron chi connectivity index (χ2n) is 4.17. The number of hydrogen-bond acceptors (Lipinski definition) is 4. The number of nitrogens with zero attached hydrogens (tertiary/aromatic N) is 2. The van der Waals surface area contributed by atoms with Crippen molar-refractivity contribution in [1.29, 1.82) is 0 Å². The molecule has 0 saturated heterocycles. The number of carboxylic acids is 1. The molecule has 0 atom stereocenters. The van der Waals surface area contributed by atoms with Gasteiger partial charge < -0.3 is 5.11 Å². The summed E-state index contributed by atoms with van der Waals surface area (Å²) in [5.74, 6) is -1.24. The molecule has 7 nitrogen and oxygen atoms in total. The van der Waals surface area contributed by atoms with Crippen LogP contribution >= 0.6 is 0 Å². The van der Waals surface area contributed by atoms with E-state index in [1.165, 1.54) is 6.20 Å². The van der Waals surface area contributed by atoms with Crippen LogP contribution in [0.2, 0.25) is 0 Å². The van der Waals surface area contributed by atoms with Gasteiger partial charge in [0.25, 0.3) is 10.0 Å². The summed E-state index contributed by atoms with van der Waals surface area (Å²) in [5, 5.41) is 14.9. The van der Waals surface area contributed by atoms with Crippen LogP contribution < -0.4 is 4.31 Å². The van der Waals surface area contributed by atoms with Crippen LogP contribution in [0.4, 0.5) is 5.69 Å². The summed E-state index contributed by atoms with van der Waals surface area (Å²) in [7, 11) is -3.96. The fraction of sp³-hybridized carbons (Fsp3) is 0.167. The fourth-order valence-electron chi connectivity index (χ4n) is 1.66. The summed E-state index contributed by atoms with van der Waals surface area (Å²) >= 11 is 0. The van der Waals surface area contributed by atoms with Crippen molar-refractivity contribution in [3.8, 4) is 0 Å². The van der Waals surface area contributed by atoms with Gasteiger partial charge in [-0.25, -0.2) is 8.42 Å². The van der Waals surface area contributed by atoms with Crippen molar-refractivity contribution >= 4 is 21.7 Å². The molecule has 0 radical (unpaired) electrons. The molecule has 0 aliphatic rings. The Balaban J connectivity index is 2.48. The number of hydrogen-bond donors (Lipinski definition) is 2. The van der Waals surface area contributed by atoms with Crippen LogP contribution in [0.15, 0.2) is 41.6 Å². The maximum atomic E-state index is 12.4. The van der Waals surface area contributed by atoms with Gasteiger partial charge in [-0.1, -0.05) is 17.7 Å². The Kier molecular flexibility index (Phi) is 3.75. The maximum absolute atomic E-state index is 12.4. The number of aliphatic carboxylic acids is 1. The number of aromatic amines is 1. The number of sulfonamides is 1. The third-order valence-electron chi connectivity index (χ3n) is 2.66. The molecule has 2 rings (SSSR count). The van der Waals surface area contributed by atoms with Gasteiger partial charge in [-0.05, 0) is 19.1 Å². The van der Waals surface area contributed by atoms with Crippen LogP contribution in [0.1, 0.15) is 5.56 Å². The fourth-order valence-corrected chi connectivity index (χ4v) is 2.98. The summed E-state index contributed by atoms with van der Waals surface area (Å²) in [6.45, 7) is 1.20. The van der Waals surface area contributed by atoms with E-state index < -0.39 is 22.5 Å². The minimum absolute atomic E-state index is 0.0840. The highest BCUT2D eigenvalue weighted by molar-refractivity contribution is 7.92. The molecule has 0 fully saturated rings. The number of carboxylic acid groups (broad SMARTS) is 1. The summed E-state index contributed by atoms with van der Waals surface area (Å²) in [5.41, 5.74) is 1.24. The predicted octanol–water partition coefficient (Wildman–Crippen LogP) is 0.998. The zero-order valence-corrected chi connectivity index (χ0v) is 11.5. The maximum Gasteiger partial charge on any atom is 0.324 e. The lowest BCUT2D eigenvalue weighted by molar-refractivity contribution is -0.135. The second-order valence-corrected chi connectivity index (χ2v) is 6.04. The normalized spacial score (nSPS) is 11.2. The summed E-state index contributed by atoms with van der Waals surface area (Å²) < 4.78 is 25.7. The van der Waals surface area contributed by atoms with E-state index in [9.17, 15) is 13.2 Å². The van der Waals surface area contributed by atoms with Crippen LogP contribution in [0.5, 0.6) is 0 Å². The lowest BCUT2D eigenvalue weighted by Crippen LogP contribution is -2.35. The van der Waals surface area contributed by atoms with Gasteiger partial charge in [0.15, 0.2) is 0 Å². The number of aromatic nitrogens is 2. The van der Waals surface area contributed by atoms with E-state index >= 15 is 0 Å². The van der Waals surface area contributed by atoms with Gasteiger partial charge in [0.1, 0.15) is 11.4 Å². The molecule has 2 aromatic rings. The first kappa shape index (κ1) is 14.1. The van der Waals surface area contributed by atoms with Gasteiger partial charge in [-0.3, -0.25) is 14.2 Å². The Labute approximate surface area is 115 Å². The van der Waals surface area contributed by atoms with E-state index in [2.05, 4.69) is 10.2 Å². The van der Waals surface area contributed by atoms with Crippen molar-refractivity contribution < 1.29 is 18.3 Å². The van der Waals surface area contributed by atoms with Crippen LogP contribution in [0, 0.1) is 6.92 Å². The van der Waals surface area contributed by atoms with Crippen molar-refractivity contribution in [3.63, 3.8) is 0 Å². The SMILES string of the molecule is Cc1ccc(N(CC(=O)O)S(=O)(=O)c2cn[nH]c2)cc1. The van der Waals surface area contributed by atoms with Crippen molar-refractivity contribution in [2.24, 2.45) is 0 Å². The second kappa shape index (κ2) is 5.33. The molecule has 0 aliphatic heterocycles. The molecule has 0 aliphatic carbocycles. The lowest BCUT2D eigenvalue weighted by atomic mass is 10.2. The largest absolute Gasteiger partial charge is 0.480 e. The van der Waals surface area contributed by atoms with Gasteiger partial charge in [0.05, 0.1) is 11.9 Å². The topological polar surface area (TPSA) is 103 Å². The number of aryl methyl sites for hydroxylation is 1. The Morgan fingerprint density at radius 3 is 2.50 bits per heavy atom. The van der Waals surface area contributed by atoms with Gasteiger partial charge in [-0.15, -0.1) is 0 Å². The molecule has 2 N–H and O–H groups in total. The van der Waals surface area contributed by atoms with Crippen molar-refractivity contribution in [2.75, 3.05) is 10.8 Å². The highest BCUT2D eigenvalue weighted by atomic mass is 32.2. The zero-order valence-electron chi connectivity index (χ0n) is 10.6. The molecule has 0 unspecified atom stereocenters. The van der Waals surface area contributed by atoms with Crippen molar-refractivity contribution in [1.82, 2.24) is 10.2 Å². The van der Waals surface area contributed by atoms with Crippen LogP contribution in [0.25, 0.3) is 0 Å². The molecule has 1 heterocycles. The highest BCUT2D eigenvalue weighted by Crippen LogP contribution is 2.23. The molecule has 0 saturated carbocycles. The minimum atomic E-state index is -3.96. The third kappa shape index (κ3) is 2.80. The lowest BCUT2D eigenvalue weighted by Gasteiger charge is -2.21. The zero-order chi connectivity index (χ0) is 14.8. The first-order chi connectivity index (χ1) is 9.41. The standard InChI is InChI=1S/C12H13N3O4S/c1-9-2-4-10(5-3-9)15(8-12(16)17)20(18,19)11-6-13-14-7-11/h2-7H,8H2,1H3,(H,13,14)(H,16,17). The number of rotatable bonds is 5. The quantitative estimate of drug-likeness (QED) is 0.856. The molecule has 1 aromatic heterocycles. The monoisotopic (exact) mass is 295 g/mol. The molecule has 0 bridgehead atoms. The molecule has 20 heavy (non-hydrogen) atoms. The number of carbonyl (C=O) groups is 1. The first-order valence-electron chi connectivity index (χ1n) is 5.71. The molecule has 0 amide bonds. The molecule has 1 aromatic carbocycles. The molecular formula is C12H13N3O4S. The summed E-state index contributed by atoms with van der Waals surface area (Å²) in [6, 6.07) is 6.57. The average Bonchev–Trinajstić information content (AvgIpc) is 2.91. The van der Waals surface area contributed by atoms with E-state index in [1.807, 2.05) is 6.92 Å². The van der Waals surface area contributed by atoms with Gasteiger partial charge in [0.2, 0.25) is 0 Å². The number of benzene rings is 1. The smallest absolute Gasteiger partial charge is 0.324 e. The van der Waals surface area contributed by atoms with E-state index in [0.717, 1.165) is 16.1 Å². The van der Waals surface area contributed by atoms with E-state index in [-0.39, 0.29) is 4.90 Å². The predicted molar refractivity (Wildman–Crippen MR) is 71.9 cm³/mol. The Morgan fingerprint density at radius 1 is 1.35 bits per heavy atom. The van der Waals surface area contributed by atoms with Crippen LogP contribution in [0.3, 0.4) is 0 Å². The first-order valence-corrected chi connectivity index (χ1v) is 7.15. The average molecular weight is 295 g/mol. The number of H-pyrrole nitrogens is 1. The van der Waals surface area contributed by atoms with E-state index in [1.54, 1.807) is 24.3 Å².